The Hall–Kier alpha value is -2.63. The molecule has 1 saturated heterocycles. The molecule has 0 saturated carbocycles. The summed E-state index contributed by atoms with van der Waals surface area (Å²) in [7, 11) is 1.96. The third-order valence-electron chi connectivity index (χ3n) is 5.25. The predicted molar refractivity (Wildman–Crippen MR) is 117 cm³/mol. The van der Waals surface area contributed by atoms with Crippen LogP contribution in [0, 0.1) is 5.92 Å². The zero-order valence-corrected chi connectivity index (χ0v) is 17.3. The lowest BCUT2D eigenvalue weighted by molar-refractivity contribution is 0.0675. The first kappa shape index (κ1) is 21.1. The molecular weight excluding hydrogens is 386 g/mol. The largest absolute Gasteiger partial charge is 0.436 e. The van der Waals surface area contributed by atoms with Crippen LogP contribution in [0.15, 0.2) is 65.2 Å². The van der Waals surface area contributed by atoms with Crippen LogP contribution in [-0.2, 0) is 0 Å². The summed E-state index contributed by atoms with van der Waals surface area (Å²) in [5, 5.41) is 3.23. The molecule has 1 aromatic heterocycles. The van der Waals surface area contributed by atoms with Gasteiger partial charge in [0, 0.05) is 24.2 Å². The van der Waals surface area contributed by atoms with Gasteiger partial charge >= 0.3 is 0 Å². The Balaban J connectivity index is 0.00000240. The molecule has 3 aromatic rings. The summed E-state index contributed by atoms with van der Waals surface area (Å²) < 4.78 is 6.00. The molecule has 1 N–H and O–H groups in total. The first-order valence-electron chi connectivity index (χ1n) is 9.81. The van der Waals surface area contributed by atoms with E-state index in [2.05, 4.69) is 10.3 Å². The number of benzene rings is 2. The Kier molecular flexibility index (Phi) is 7.07. The number of nitrogens with zero attached hydrogens (tertiary/aromatic N) is 2. The van der Waals surface area contributed by atoms with Gasteiger partial charge in [-0.15, -0.1) is 12.4 Å². The second-order valence-electron chi connectivity index (χ2n) is 7.26. The first-order valence-corrected chi connectivity index (χ1v) is 9.81. The molecule has 1 amide bonds. The zero-order valence-electron chi connectivity index (χ0n) is 16.5. The highest BCUT2D eigenvalue weighted by Gasteiger charge is 2.26. The lowest BCUT2D eigenvalue weighted by Gasteiger charge is -2.33. The van der Waals surface area contributed by atoms with Gasteiger partial charge in [0.1, 0.15) is 0 Å². The molecule has 5 nitrogen and oxygen atoms in total. The van der Waals surface area contributed by atoms with Gasteiger partial charge in [-0.3, -0.25) is 4.79 Å². The maximum atomic E-state index is 13.3. The molecule has 0 spiro atoms. The van der Waals surface area contributed by atoms with Crippen LogP contribution >= 0.6 is 12.4 Å². The Morgan fingerprint density at radius 1 is 1.17 bits per heavy atom. The predicted octanol–water partition coefficient (Wildman–Crippen LogP) is 4.50. The molecule has 0 aliphatic carbocycles. The van der Waals surface area contributed by atoms with Crippen LogP contribution < -0.4 is 5.32 Å². The number of oxazole rings is 1. The van der Waals surface area contributed by atoms with Crippen molar-refractivity contribution in [3.63, 3.8) is 0 Å². The third-order valence-corrected chi connectivity index (χ3v) is 5.25. The fraction of sp³-hybridized carbons (Fsp3) is 0.304. The number of piperidine rings is 1. The molecule has 1 aliphatic heterocycles. The molecule has 6 heteroatoms. The van der Waals surface area contributed by atoms with Gasteiger partial charge in [-0.2, -0.15) is 0 Å². The Bertz CT molecular complexity index is 940. The number of amides is 1. The Labute approximate surface area is 177 Å². The number of aromatic nitrogens is 1. The van der Waals surface area contributed by atoms with Crippen LogP contribution in [0.25, 0.3) is 22.8 Å². The molecule has 2 aromatic carbocycles. The quantitative estimate of drug-likeness (QED) is 0.671. The minimum absolute atomic E-state index is 0. The minimum atomic E-state index is 0. The molecule has 1 unspecified atom stereocenters. The van der Waals surface area contributed by atoms with Gasteiger partial charge in [0.2, 0.25) is 5.89 Å². The van der Waals surface area contributed by atoms with Crippen molar-refractivity contribution in [2.45, 2.75) is 12.8 Å². The minimum Gasteiger partial charge on any atom is -0.436 e. The standard InChI is InChI=1S/C23H25N3O2.ClH/c1-24-14-17-8-7-13-26(16-17)23(27)20-12-6-5-11-19(20)22-25-15-21(28-22)18-9-3-2-4-10-18;/h2-6,9-12,15,17,24H,7-8,13-14,16H2,1H3;1H. The van der Waals surface area contributed by atoms with E-state index in [0.717, 1.165) is 43.6 Å². The van der Waals surface area contributed by atoms with Crippen LogP contribution in [0.3, 0.4) is 0 Å². The summed E-state index contributed by atoms with van der Waals surface area (Å²) in [6, 6.07) is 17.4. The van der Waals surface area contributed by atoms with Gasteiger partial charge in [0.15, 0.2) is 5.76 Å². The van der Waals surface area contributed by atoms with Crippen LogP contribution in [0.4, 0.5) is 0 Å². The van der Waals surface area contributed by atoms with Gasteiger partial charge in [-0.25, -0.2) is 4.98 Å². The fourth-order valence-corrected chi connectivity index (χ4v) is 3.87. The molecule has 4 rings (SSSR count). The maximum absolute atomic E-state index is 13.3. The van der Waals surface area contributed by atoms with E-state index in [4.69, 9.17) is 4.42 Å². The van der Waals surface area contributed by atoms with E-state index in [9.17, 15) is 4.79 Å². The smallest absolute Gasteiger partial charge is 0.254 e. The van der Waals surface area contributed by atoms with E-state index < -0.39 is 0 Å². The lowest BCUT2D eigenvalue weighted by Crippen LogP contribution is -2.42. The van der Waals surface area contributed by atoms with Crippen LogP contribution in [-0.4, -0.2) is 42.5 Å². The van der Waals surface area contributed by atoms with Gasteiger partial charge in [-0.1, -0.05) is 42.5 Å². The molecule has 1 fully saturated rings. The molecule has 0 bridgehead atoms. The molecule has 29 heavy (non-hydrogen) atoms. The average Bonchev–Trinajstić information content (AvgIpc) is 3.24. The van der Waals surface area contributed by atoms with E-state index in [0.29, 0.717) is 23.1 Å². The van der Waals surface area contributed by atoms with Crippen LogP contribution in [0.2, 0.25) is 0 Å². The van der Waals surface area contributed by atoms with Gasteiger partial charge in [0.25, 0.3) is 5.91 Å². The number of hydrogen-bond acceptors (Lipinski definition) is 4. The number of rotatable bonds is 5. The number of nitrogens with one attached hydrogen (secondary N) is 1. The van der Waals surface area contributed by atoms with Crippen molar-refractivity contribution in [1.82, 2.24) is 15.2 Å². The van der Waals surface area contributed by atoms with Gasteiger partial charge < -0.3 is 14.6 Å². The number of carbonyl (C=O) groups is 1. The highest BCUT2D eigenvalue weighted by Crippen LogP contribution is 2.29. The molecule has 152 valence electrons. The summed E-state index contributed by atoms with van der Waals surface area (Å²) in [6.07, 6.45) is 3.92. The maximum Gasteiger partial charge on any atom is 0.254 e. The Morgan fingerprint density at radius 2 is 1.93 bits per heavy atom. The summed E-state index contributed by atoms with van der Waals surface area (Å²) in [5.41, 5.74) is 2.36. The van der Waals surface area contributed by atoms with Crippen LogP contribution in [0.5, 0.6) is 0 Å². The summed E-state index contributed by atoms with van der Waals surface area (Å²) in [4.78, 5) is 19.7. The van der Waals surface area contributed by atoms with Crippen molar-refractivity contribution in [2.75, 3.05) is 26.7 Å². The van der Waals surface area contributed by atoms with Crippen molar-refractivity contribution in [2.24, 2.45) is 5.92 Å². The second kappa shape index (κ2) is 9.72. The average molecular weight is 412 g/mol. The van der Waals surface area contributed by atoms with Gasteiger partial charge in [0.05, 0.1) is 11.8 Å². The second-order valence-corrected chi connectivity index (χ2v) is 7.26. The molecule has 2 heterocycles. The summed E-state index contributed by atoms with van der Waals surface area (Å²) >= 11 is 0. The highest BCUT2D eigenvalue weighted by atomic mass is 35.5. The van der Waals surface area contributed by atoms with Crippen molar-refractivity contribution in [3.05, 3.63) is 66.4 Å². The van der Waals surface area contributed by atoms with E-state index in [1.165, 1.54) is 0 Å². The number of halogens is 1. The van der Waals surface area contributed by atoms with E-state index >= 15 is 0 Å². The van der Waals surface area contributed by atoms with Crippen molar-refractivity contribution in [3.8, 4) is 22.8 Å². The molecular formula is C23H26ClN3O2. The Morgan fingerprint density at radius 3 is 2.72 bits per heavy atom. The fourth-order valence-electron chi connectivity index (χ4n) is 3.87. The molecule has 0 radical (unpaired) electrons. The van der Waals surface area contributed by atoms with E-state index in [1.54, 1.807) is 6.20 Å². The van der Waals surface area contributed by atoms with E-state index in [-0.39, 0.29) is 18.3 Å². The number of likely N-dealkylation sites (tertiary alicyclic amines) is 1. The van der Waals surface area contributed by atoms with Crippen molar-refractivity contribution >= 4 is 18.3 Å². The summed E-state index contributed by atoms with van der Waals surface area (Å²) in [5.74, 6) is 1.73. The van der Waals surface area contributed by atoms with Crippen LogP contribution in [0.1, 0.15) is 23.2 Å². The van der Waals surface area contributed by atoms with Crippen molar-refractivity contribution < 1.29 is 9.21 Å². The zero-order chi connectivity index (χ0) is 19.3. The highest BCUT2D eigenvalue weighted by molar-refractivity contribution is 6.00. The normalized spacial score (nSPS) is 16.3. The number of carbonyl (C=O) groups excluding carboxylic acids is 1. The van der Waals surface area contributed by atoms with Gasteiger partial charge in [-0.05, 0) is 44.5 Å². The van der Waals surface area contributed by atoms with Crippen molar-refractivity contribution in [1.29, 1.82) is 0 Å². The third kappa shape index (κ3) is 4.69. The molecule has 1 aliphatic rings. The SMILES string of the molecule is CNCC1CCCN(C(=O)c2ccccc2-c2ncc(-c3ccccc3)o2)C1.Cl. The lowest BCUT2D eigenvalue weighted by atomic mass is 9.96. The summed E-state index contributed by atoms with van der Waals surface area (Å²) in [6.45, 7) is 2.52. The molecule has 1 atom stereocenters. The van der Waals surface area contributed by atoms with E-state index in [1.807, 2.05) is 66.5 Å². The number of hydrogen-bond donors (Lipinski definition) is 1. The monoisotopic (exact) mass is 411 g/mol. The topological polar surface area (TPSA) is 58.4 Å². The first-order chi connectivity index (χ1) is 13.8.